The Labute approximate surface area is 164 Å². The molecule has 2 aromatic carbocycles. The summed E-state index contributed by atoms with van der Waals surface area (Å²) in [5, 5.41) is 12.4. The van der Waals surface area contributed by atoms with Gasteiger partial charge in [-0.3, -0.25) is 4.79 Å². The highest BCUT2D eigenvalue weighted by atomic mass is 16.5. The highest BCUT2D eigenvalue weighted by Gasteiger charge is 2.31. The van der Waals surface area contributed by atoms with Gasteiger partial charge in [-0.2, -0.15) is 0 Å². The molecule has 0 unspecified atom stereocenters. The largest absolute Gasteiger partial charge is 0.872 e. The number of rotatable bonds is 7. The molecule has 1 N–H and O–H groups in total. The van der Waals surface area contributed by atoms with Crippen LogP contribution in [0.1, 0.15) is 35.3 Å². The van der Waals surface area contributed by atoms with E-state index in [1.165, 1.54) is 11.0 Å². The van der Waals surface area contributed by atoms with Crippen molar-refractivity contribution in [2.24, 2.45) is 0 Å². The molecule has 1 aliphatic heterocycles. The summed E-state index contributed by atoms with van der Waals surface area (Å²) >= 11 is 0. The lowest BCUT2D eigenvalue weighted by Crippen LogP contribution is -3.10. The van der Waals surface area contributed by atoms with Gasteiger partial charge in [-0.25, -0.2) is 0 Å². The van der Waals surface area contributed by atoms with Crippen molar-refractivity contribution >= 4 is 11.9 Å². The van der Waals surface area contributed by atoms with E-state index in [2.05, 4.69) is 13.8 Å². The van der Waals surface area contributed by atoms with Crippen LogP contribution in [-0.4, -0.2) is 33.1 Å². The number of nitrogens with one attached hydrogen (secondary N) is 1. The third kappa shape index (κ3) is 3.68. The molecule has 3 rings (SSSR count). The summed E-state index contributed by atoms with van der Waals surface area (Å²) in [4.78, 5) is 14.1. The van der Waals surface area contributed by atoms with Crippen molar-refractivity contribution in [3.8, 4) is 23.0 Å². The van der Waals surface area contributed by atoms with Crippen LogP contribution in [-0.2, 0) is 6.54 Å². The summed E-state index contributed by atoms with van der Waals surface area (Å²) in [5.41, 5.74) is 1.64. The number of hydrogen-bond donors (Lipinski definition) is 1. The second-order valence-corrected chi connectivity index (χ2v) is 6.60. The Hall–Kier alpha value is -2.99. The van der Waals surface area contributed by atoms with Crippen LogP contribution in [0.15, 0.2) is 36.1 Å². The molecule has 0 spiro atoms. The number of carbonyl (C=O) groups is 1. The van der Waals surface area contributed by atoms with Gasteiger partial charge in [0.2, 0.25) is 5.78 Å². The zero-order chi connectivity index (χ0) is 20.3. The number of ketones is 1. The number of carbonyl (C=O) groups excluding carboxylic acids is 1. The third-order valence-corrected chi connectivity index (χ3v) is 5.05. The monoisotopic (exact) mass is 383 g/mol. The third-order valence-electron chi connectivity index (χ3n) is 5.05. The van der Waals surface area contributed by atoms with E-state index in [0.29, 0.717) is 40.5 Å². The van der Waals surface area contributed by atoms with Crippen molar-refractivity contribution in [3.05, 3.63) is 52.8 Å². The lowest BCUT2D eigenvalue weighted by molar-refractivity contribution is -0.910. The van der Waals surface area contributed by atoms with Gasteiger partial charge in [-0.15, -0.1) is 0 Å². The van der Waals surface area contributed by atoms with Crippen LogP contribution in [0.25, 0.3) is 6.08 Å². The van der Waals surface area contributed by atoms with Crippen molar-refractivity contribution in [2.75, 3.05) is 27.3 Å². The maximum Gasteiger partial charge on any atom is 0.231 e. The van der Waals surface area contributed by atoms with Gasteiger partial charge in [-0.1, -0.05) is 11.8 Å². The second kappa shape index (κ2) is 8.35. The minimum atomic E-state index is -0.240. The summed E-state index contributed by atoms with van der Waals surface area (Å²) in [6, 6.07) is 8.31. The molecule has 0 saturated carbocycles. The van der Waals surface area contributed by atoms with Crippen molar-refractivity contribution in [3.63, 3.8) is 0 Å². The Bertz CT molecular complexity index is 915. The number of hydrogen-bond acceptors (Lipinski definition) is 5. The molecule has 6 heteroatoms. The van der Waals surface area contributed by atoms with E-state index in [4.69, 9.17) is 14.2 Å². The predicted octanol–water partition coefficient (Wildman–Crippen LogP) is 1.82. The average Bonchev–Trinajstić information content (AvgIpc) is 3.03. The lowest BCUT2D eigenvalue weighted by Gasteiger charge is -2.21. The number of methoxy groups -OCH3 is 2. The van der Waals surface area contributed by atoms with Crippen molar-refractivity contribution in [2.45, 2.75) is 20.4 Å². The number of fused-ring (bicyclic) bond motifs is 1. The van der Waals surface area contributed by atoms with Crippen LogP contribution in [0, 0.1) is 0 Å². The van der Waals surface area contributed by atoms with Crippen LogP contribution in [0.2, 0.25) is 0 Å². The first-order valence-corrected chi connectivity index (χ1v) is 9.35. The van der Waals surface area contributed by atoms with Crippen molar-refractivity contribution in [1.82, 2.24) is 0 Å². The highest BCUT2D eigenvalue weighted by Crippen LogP contribution is 2.39. The number of ether oxygens (including phenoxy) is 3. The molecular formula is C22H25NO5. The van der Waals surface area contributed by atoms with Crippen molar-refractivity contribution in [1.29, 1.82) is 0 Å². The molecule has 148 valence electrons. The molecule has 1 aliphatic rings. The van der Waals surface area contributed by atoms with Crippen LogP contribution < -0.4 is 24.2 Å². The van der Waals surface area contributed by atoms with E-state index in [9.17, 15) is 9.90 Å². The molecule has 2 aromatic rings. The fraction of sp³-hybridized carbons (Fsp3) is 0.318. The minimum Gasteiger partial charge on any atom is -0.872 e. The quantitative estimate of drug-likeness (QED) is 0.739. The Morgan fingerprint density at radius 2 is 1.86 bits per heavy atom. The summed E-state index contributed by atoms with van der Waals surface area (Å²) in [7, 11) is 3.13. The maximum absolute atomic E-state index is 12.9. The lowest BCUT2D eigenvalue weighted by atomic mass is 10.0. The predicted molar refractivity (Wildman–Crippen MR) is 104 cm³/mol. The first-order chi connectivity index (χ1) is 13.5. The molecule has 0 fully saturated rings. The molecule has 0 bridgehead atoms. The van der Waals surface area contributed by atoms with Gasteiger partial charge in [0, 0.05) is 11.1 Å². The van der Waals surface area contributed by atoms with Gasteiger partial charge in [0.25, 0.3) is 0 Å². The summed E-state index contributed by atoms with van der Waals surface area (Å²) in [6.07, 6.45) is 1.63. The second-order valence-electron chi connectivity index (χ2n) is 6.60. The summed E-state index contributed by atoms with van der Waals surface area (Å²) in [6.45, 7) is 6.43. The van der Waals surface area contributed by atoms with Crippen LogP contribution in [0.4, 0.5) is 0 Å². The molecule has 0 aromatic heterocycles. The standard InChI is InChI=1S/C22H25NO5/c1-5-23(6-2)13-17-18(24)9-8-16-21(25)20(28-22(16)17)12-14-11-15(26-3)7-10-19(14)27-4/h7-12,24H,5-6,13H2,1-4H3. The minimum absolute atomic E-state index is 0.105. The number of benzene rings is 2. The van der Waals surface area contributed by atoms with Gasteiger partial charge >= 0.3 is 0 Å². The fourth-order valence-corrected chi connectivity index (χ4v) is 3.30. The highest BCUT2D eigenvalue weighted by molar-refractivity contribution is 6.15. The van der Waals surface area contributed by atoms with Crippen LogP contribution in [0.5, 0.6) is 23.0 Å². The molecule has 28 heavy (non-hydrogen) atoms. The maximum atomic E-state index is 12.9. The van der Waals surface area contributed by atoms with Crippen LogP contribution >= 0.6 is 0 Å². The van der Waals surface area contributed by atoms with E-state index in [-0.39, 0.29) is 17.3 Å². The number of Topliss-reactive ketones (excluding diaryl/α,β-unsaturated/α-hetero) is 1. The van der Waals surface area contributed by atoms with Gasteiger partial charge in [0.05, 0.1) is 32.9 Å². The zero-order valence-electron chi connectivity index (χ0n) is 16.6. The van der Waals surface area contributed by atoms with Gasteiger partial charge in [0.1, 0.15) is 23.8 Å². The van der Waals surface area contributed by atoms with E-state index >= 15 is 0 Å². The topological polar surface area (TPSA) is 72.3 Å². The molecule has 1 heterocycles. The van der Waals surface area contributed by atoms with E-state index in [1.54, 1.807) is 44.6 Å². The Morgan fingerprint density at radius 1 is 1.11 bits per heavy atom. The summed E-state index contributed by atoms with van der Waals surface area (Å²) in [5.74, 6) is 1.44. The molecule has 0 amide bonds. The van der Waals surface area contributed by atoms with Gasteiger partial charge < -0.3 is 24.2 Å². The Kier molecular flexibility index (Phi) is 5.90. The number of allylic oxidation sites excluding steroid dienone is 1. The van der Waals surface area contributed by atoms with E-state index in [0.717, 1.165) is 13.1 Å². The van der Waals surface area contributed by atoms with Crippen LogP contribution in [0.3, 0.4) is 0 Å². The van der Waals surface area contributed by atoms with Gasteiger partial charge in [-0.05, 0) is 44.2 Å². The normalized spacial score (nSPS) is 14.3. The average molecular weight is 383 g/mol. The first-order valence-electron chi connectivity index (χ1n) is 9.35. The molecule has 0 saturated heterocycles. The molecule has 6 nitrogen and oxygen atoms in total. The Morgan fingerprint density at radius 3 is 2.50 bits per heavy atom. The van der Waals surface area contributed by atoms with Gasteiger partial charge in [0.15, 0.2) is 5.76 Å². The van der Waals surface area contributed by atoms with E-state index < -0.39 is 0 Å². The fourth-order valence-electron chi connectivity index (χ4n) is 3.30. The number of quaternary nitrogens is 1. The SMILES string of the molecule is CC[NH+](CC)Cc1c([O-])ccc2c1OC(=Cc1cc(OC)ccc1OC)C2=O. The molecule has 0 atom stereocenters. The van der Waals surface area contributed by atoms with E-state index in [1.807, 2.05) is 0 Å². The molecule has 0 radical (unpaired) electrons. The Balaban J connectivity index is 2.01. The first kappa shape index (κ1) is 19.8. The molecular weight excluding hydrogens is 358 g/mol. The smallest absolute Gasteiger partial charge is 0.231 e. The zero-order valence-corrected chi connectivity index (χ0v) is 16.6. The molecule has 0 aliphatic carbocycles. The van der Waals surface area contributed by atoms with Crippen molar-refractivity contribution < 1.29 is 29.0 Å². The summed E-state index contributed by atoms with van der Waals surface area (Å²) < 4.78 is 16.5.